The van der Waals surface area contributed by atoms with E-state index in [0.29, 0.717) is 12.3 Å². The van der Waals surface area contributed by atoms with Gasteiger partial charge in [0.25, 0.3) is 0 Å². The third kappa shape index (κ3) is 2.45. The summed E-state index contributed by atoms with van der Waals surface area (Å²) in [5, 5.41) is 4.19. The number of Topliss-reactive ketones (excluding diaryl/α,β-unsaturated/α-hetero) is 1. The summed E-state index contributed by atoms with van der Waals surface area (Å²) in [7, 11) is 3.46. The fourth-order valence-electron chi connectivity index (χ4n) is 1.82. The van der Waals surface area contributed by atoms with Crippen LogP contribution in [0, 0.1) is 5.92 Å². The van der Waals surface area contributed by atoms with Gasteiger partial charge < -0.3 is 4.74 Å². The lowest BCUT2D eigenvalue weighted by Gasteiger charge is -2.11. The van der Waals surface area contributed by atoms with E-state index in [1.807, 2.05) is 19.3 Å². The van der Waals surface area contributed by atoms with Crippen LogP contribution in [0.4, 0.5) is 0 Å². The lowest BCUT2D eigenvalue weighted by molar-refractivity contribution is -0.129. The Kier molecular flexibility index (Phi) is 2.86. The predicted molar refractivity (Wildman–Crippen MR) is 55.4 cm³/mol. The highest BCUT2D eigenvalue weighted by molar-refractivity contribution is 5.85. The van der Waals surface area contributed by atoms with Gasteiger partial charge in [-0.25, -0.2) is 0 Å². The number of aromatic nitrogens is 2. The standard InChI is InChI=1S/C11H16N2O2/c1-13-6-5-9(12-13)7-10(14)11(15-2)8-3-4-8/h5-6,8,11H,3-4,7H2,1-2H3. The summed E-state index contributed by atoms with van der Waals surface area (Å²) in [5.41, 5.74) is 0.824. The van der Waals surface area contributed by atoms with Crippen molar-refractivity contribution in [3.05, 3.63) is 18.0 Å². The van der Waals surface area contributed by atoms with E-state index in [2.05, 4.69) is 5.10 Å². The summed E-state index contributed by atoms with van der Waals surface area (Å²) < 4.78 is 6.94. The van der Waals surface area contributed by atoms with Gasteiger partial charge in [-0.2, -0.15) is 5.10 Å². The van der Waals surface area contributed by atoms with E-state index in [-0.39, 0.29) is 11.9 Å². The number of hydrogen-bond acceptors (Lipinski definition) is 3. The molecular formula is C11H16N2O2. The Morgan fingerprint density at radius 2 is 2.47 bits per heavy atom. The van der Waals surface area contributed by atoms with E-state index in [4.69, 9.17) is 4.74 Å². The maximum Gasteiger partial charge on any atom is 0.167 e. The number of hydrogen-bond donors (Lipinski definition) is 0. The van der Waals surface area contributed by atoms with Crippen molar-refractivity contribution in [3.8, 4) is 0 Å². The van der Waals surface area contributed by atoms with Gasteiger partial charge in [-0.1, -0.05) is 0 Å². The average Bonchev–Trinajstić information content (AvgIpc) is 2.93. The quantitative estimate of drug-likeness (QED) is 0.723. The number of aryl methyl sites for hydroxylation is 1. The molecular weight excluding hydrogens is 192 g/mol. The molecule has 1 unspecified atom stereocenters. The van der Waals surface area contributed by atoms with E-state index >= 15 is 0 Å². The zero-order chi connectivity index (χ0) is 10.8. The number of methoxy groups -OCH3 is 1. The van der Waals surface area contributed by atoms with Gasteiger partial charge in [-0.05, 0) is 24.8 Å². The number of carbonyl (C=O) groups excluding carboxylic acids is 1. The molecule has 0 bridgehead atoms. The van der Waals surface area contributed by atoms with Crippen LogP contribution in [0.15, 0.2) is 12.3 Å². The SMILES string of the molecule is COC(C(=O)Cc1ccn(C)n1)C1CC1. The summed E-state index contributed by atoms with van der Waals surface area (Å²) >= 11 is 0. The third-order valence-electron chi connectivity index (χ3n) is 2.75. The van der Waals surface area contributed by atoms with Crippen molar-refractivity contribution in [2.24, 2.45) is 13.0 Å². The van der Waals surface area contributed by atoms with Crippen molar-refractivity contribution >= 4 is 5.78 Å². The second kappa shape index (κ2) is 4.14. The lowest BCUT2D eigenvalue weighted by atomic mass is 10.1. The highest BCUT2D eigenvalue weighted by Gasteiger charge is 2.36. The minimum absolute atomic E-state index is 0.152. The monoisotopic (exact) mass is 208 g/mol. The van der Waals surface area contributed by atoms with Crippen molar-refractivity contribution in [2.45, 2.75) is 25.4 Å². The molecule has 1 aliphatic rings. The maximum atomic E-state index is 11.9. The largest absolute Gasteiger partial charge is 0.373 e. The number of nitrogens with zero attached hydrogens (tertiary/aromatic N) is 2. The van der Waals surface area contributed by atoms with Crippen LogP contribution in [0.5, 0.6) is 0 Å². The lowest BCUT2D eigenvalue weighted by Crippen LogP contribution is -2.27. The van der Waals surface area contributed by atoms with Crippen LogP contribution in [0.3, 0.4) is 0 Å². The average molecular weight is 208 g/mol. The highest BCUT2D eigenvalue weighted by Crippen LogP contribution is 2.34. The first kappa shape index (κ1) is 10.4. The molecule has 82 valence electrons. The second-order valence-electron chi connectivity index (χ2n) is 4.12. The van der Waals surface area contributed by atoms with Crippen molar-refractivity contribution in [3.63, 3.8) is 0 Å². The number of carbonyl (C=O) groups is 1. The van der Waals surface area contributed by atoms with Gasteiger partial charge in [0.1, 0.15) is 6.10 Å². The Bertz CT molecular complexity index is 355. The smallest absolute Gasteiger partial charge is 0.167 e. The molecule has 0 N–H and O–H groups in total. The second-order valence-corrected chi connectivity index (χ2v) is 4.12. The number of ether oxygens (including phenoxy) is 1. The molecule has 0 saturated heterocycles. The molecule has 15 heavy (non-hydrogen) atoms. The minimum atomic E-state index is -0.216. The Balaban J connectivity index is 1.95. The molecule has 0 aromatic carbocycles. The first-order valence-corrected chi connectivity index (χ1v) is 5.24. The molecule has 1 aliphatic carbocycles. The topological polar surface area (TPSA) is 44.1 Å². The Morgan fingerprint density at radius 1 is 1.73 bits per heavy atom. The molecule has 0 spiro atoms. The van der Waals surface area contributed by atoms with Crippen LogP contribution in [-0.2, 0) is 23.0 Å². The summed E-state index contributed by atoms with van der Waals surface area (Å²) in [6.45, 7) is 0. The first-order chi connectivity index (χ1) is 7.20. The van der Waals surface area contributed by atoms with Crippen molar-refractivity contribution in [1.82, 2.24) is 9.78 Å². The van der Waals surface area contributed by atoms with Crippen molar-refractivity contribution in [1.29, 1.82) is 0 Å². The Labute approximate surface area is 89.2 Å². The van der Waals surface area contributed by atoms with Gasteiger partial charge in [0.15, 0.2) is 5.78 Å². The van der Waals surface area contributed by atoms with Crippen molar-refractivity contribution < 1.29 is 9.53 Å². The van der Waals surface area contributed by atoms with E-state index in [1.54, 1.807) is 11.8 Å². The molecule has 1 aromatic heterocycles. The molecule has 0 amide bonds. The van der Waals surface area contributed by atoms with Crippen LogP contribution in [0.25, 0.3) is 0 Å². The summed E-state index contributed by atoms with van der Waals surface area (Å²) in [6, 6.07) is 1.87. The van der Waals surface area contributed by atoms with Crippen LogP contribution in [0.1, 0.15) is 18.5 Å². The van der Waals surface area contributed by atoms with Gasteiger partial charge in [-0.3, -0.25) is 9.48 Å². The number of rotatable bonds is 5. The summed E-state index contributed by atoms with van der Waals surface area (Å²) in [6.07, 6.45) is 4.25. The van der Waals surface area contributed by atoms with Crippen LogP contribution in [-0.4, -0.2) is 28.8 Å². The van der Waals surface area contributed by atoms with Crippen LogP contribution in [0.2, 0.25) is 0 Å². The number of ketones is 1. The molecule has 2 rings (SSSR count). The van der Waals surface area contributed by atoms with E-state index in [9.17, 15) is 4.79 Å². The summed E-state index contributed by atoms with van der Waals surface area (Å²) in [5.74, 6) is 0.602. The molecule has 1 aromatic rings. The molecule has 1 atom stereocenters. The van der Waals surface area contributed by atoms with E-state index in [0.717, 1.165) is 18.5 Å². The minimum Gasteiger partial charge on any atom is -0.373 e. The molecule has 4 nitrogen and oxygen atoms in total. The zero-order valence-corrected chi connectivity index (χ0v) is 9.14. The zero-order valence-electron chi connectivity index (χ0n) is 9.14. The normalized spacial score (nSPS) is 17.7. The molecule has 0 aliphatic heterocycles. The summed E-state index contributed by atoms with van der Waals surface area (Å²) in [4.78, 5) is 11.9. The van der Waals surface area contributed by atoms with Crippen LogP contribution >= 0.6 is 0 Å². The molecule has 1 heterocycles. The maximum absolute atomic E-state index is 11.9. The van der Waals surface area contributed by atoms with E-state index < -0.39 is 0 Å². The van der Waals surface area contributed by atoms with E-state index in [1.165, 1.54) is 0 Å². The van der Waals surface area contributed by atoms with Crippen LogP contribution < -0.4 is 0 Å². The Hall–Kier alpha value is -1.16. The Morgan fingerprint density at radius 3 is 2.93 bits per heavy atom. The molecule has 0 radical (unpaired) electrons. The fraction of sp³-hybridized carbons (Fsp3) is 0.636. The van der Waals surface area contributed by atoms with Gasteiger partial charge >= 0.3 is 0 Å². The van der Waals surface area contributed by atoms with Gasteiger partial charge in [-0.15, -0.1) is 0 Å². The highest BCUT2D eigenvalue weighted by atomic mass is 16.5. The molecule has 1 fully saturated rings. The first-order valence-electron chi connectivity index (χ1n) is 5.24. The van der Waals surface area contributed by atoms with Gasteiger partial charge in [0, 0.05) is 20.4 Å². The molecule has 4 heteroatoms. The fourth-order valence-corrected chi connectivity index (χ4v) is 1.82. The molecule has 1 saturated carbocycles. The van der Waals surface area contributed by atoms with Crippen molar-refractivity contribution in [2.75, 3.05) is 7.11 Å². The third-order valence-corrected chi connectivity index (χ3v) is 2.75. The van der Waals surface area contributed by atoms with Gasteiger partial charge in [0.2, 0.25) is 0 Å². The predicted octanol–water partition coefficient (Wildman–Crippen LogP) is 0.957. The van der Waals surface area contributed by atoms with Gasteiger partial charge in [0.05, 0.1) is 12.1 Å².